The van der Waals surface area contributed by atoms with E-state index < -0.39 is 10.0 Å². The van der Waals surface area contributed by atoms with Gasteiger partial charge in [0.25, 0.3) is 5.91 Å². The van der Waals surface area contributed by atoms with Crippen LogP contribution in [-0.4, -0.2) is 20.4 Å². The second kappa shape index (κ2) is 10.6. The van der Waals surface area contributed by atoms with Crippen LogP contribution in [0.2, 0.25) is 0 Å². The number of carbonyl (C=O) groups is 1. The third-order valence-electron chi connectivity index (χ3n) is 4.38. The Balaban J connectivity index is 1.63. The molecule has 1 aromatic heterocycles. The number of thiophene rings is 1. The maximum atomic E-state index is 12.6. The average Bonchev–Trinajstić information content (AvgIpc) is 3.24. The molecule has 31 heavy (non-hydrogen) atoms. The fraction of sp³-hybridized carbons (Fsp3) is 0.261. The van der Waals surface area contributed by atoms with Crippen molar-refractivity contribution in [3.8, 4) is 5.75 Å². The third-order valence-corrected chi connectivity index (χ3v) is 6.75. The Bertz CT molecular complexity index is 1110. The van der Waals surface area contributed by atoms with E-state index in [1.807, 2.05) is 35.7 Å². The molecule has 0 aliphatic carbocycles. The molecule has 164 valence electrons. The van der Waals surface area contributed by atoms with E-state index >= 15 is 0 Å². The maximum Gasteiger partial charge on any atom is 0.251 e. The van der Waals surface area contributed by atoms with Gasteiger partial charge in [0, 0.05) is 23.0 Å². The summed E-state index contributed by atoms with van der Waals surface area (Å²) in [5.41, 5.74) is 1.90. The second-order valence-corrected chi connectivity index (χ2v) is 10.2. The van der Waals surface area contributed by atoms with E-state index in [0.29, 0.717) is 23.5 Å². The van der Waals surface area contributed by atoms with Gasteiger partial charge in [0.05, 0.1) is 5.75 Å². The van der Waals surface area contributed by atoms with Gasteiger partial charge >= 0.3 is 0 Å². The minimum Gasteiger partial charge on any atom is -0.488 e. The van der Waals surface area contributed by atoms with Crippen LogP contribution in [-0.2, 0) is 28.9 Å². The van der Waals surface area contributed by atoms with Gasteiger partial charge in [-0.05, 0) is 54.6 Å². The van der Waals surface area contributed by atoms with Gasteiger partial charge in [0.1, 0.15) is 12.4 Å². The van der Waals surface area contributed by atoms with Gasteiger partial charge in [-0.25, -0.2) is 13.1 Å². The van der Waals surface area contributed by atoms with Crippen LogP contribution >= 0.6 is 11.3 Å². The highest BCUT2D eigenvalue weighted by Crippen LogP contribution is 2.18. The zero-order chi connectivity index (χ0) is 22.3. The largest absolute Gasteiger partial charge is 0.488 e. The van der Waals surface area contributed by atoms with Gasteiger partial charge < -0.3 is 10.1 Å². The van der Waals surface area contributed by atoms with Gasteiger partial charge in [-0.2, -0.15) is 0 Å². The molecule has 6 nitrogen and oxygen atoms in total. The van der Waals surface area contributed by atoms with E-state index in [-0.39, 0.29) is 24.2 Å². The molecule has 1 amide bonds. The monoisotopic (exact) mass is 458 g/mol. The highest BCUT2D eigenvalue weighted by atomic mass is 32.2. The molecular weight excluding hydrogens is 432 g/mol. The first-order chi connectivity index (χ1) is 14.8. The SMILES string of the molecule is CC(C)NS(=O)(=O)Cc1ccccc1CNC(=O)c1cccc(OCc2cccs2)c1. The van der Waals surface area contributed by atoms with Crippen molar-refractivity contribution in [3.05, 3.63) is 87.6 Å². The van der Waals surface area contributed by atoms with Crippen molar-refractivity contribution in [2.24, 2.45) is 0 Å². The topological polar surface area (TPSA) is 84.5 Å². The lowest BCUT2D eigenvalue weighted by molar-refractivity contribution is 0.0950. The molecule has 0 fully saturated rings. The molecule has 0 saturated heterocycles. The molecule has 0 radical (unpaired) electrons. The molecule has 0 spiro atoms. The summed E-state index contributed by atoms with van der Waals surface area (Å²) in [6.07, 6.45) is 0. The molecule has 0 unspecified atom stereocenters. The van der Waals surface area contributed by atoms with Crippen LogP contribution in [0.15, 0.2) is 66.0 Å². The number of sulfonamides is 1. The summed E-state index contributed by atoms with van der Waals surface area (Å²) in [5.74, 6) is 0.232. The van der Waals surface area contributed by atoms with Crippen molar-refractivity contribution in [1.29, 1.82) is 0 Å². The van der Waals surface area contributed by atoms with Crippen molar-refractivity contribution in [2.75, 3.05) is 0 Å². The van der Waals surface area contributed by atoms with Crippen LogP contribution in [0.1, 0.15) is 40.2 Å². The standard InChI is InChI=1S/C23H26N2O4S2/c1-17(2)25-31(27,28)16-20-8-4-3-7-19(20)14-24-23(26)18-9-5-10-21(13-18)29-15-22-11-6-12-30-22/h3-13,17,25H,14-16H2,1-2H3,(H,24,26). The predicted molar refractivity (Wildman–Crippen MR) is 124 cm³/mol. The minimum absolute atomic E-state index is 0.136. The number of benzene rings is 2. The van der Waals surface area contributed by atoms with Crippen molar-refractivity contribution in [2.45, 2.75) is 38.8 Å². The fourth-order valence-corrected chi connectivity index (χ4v) is 5.14. The van der Waals surface area contributed by atoms with E-state index in [4.69, 9.17) is 4.74 Å². The lowest BCUT2D eigenvalue weighted by atomic mass is 10.1. The summed E-state index contributed by atoms with van der Waals surface area (Å²) in [4.78, 5) is 13.8. The van der Waals surface area contributed by atoms with Gasteiger partial charge in [-0.1, -0.05) is 36.4 Å². The van der Waals surface area contributed by atoms with Gasteiger partial charge in [-0.15, -0.1) is 11.3 Å². The normalized spacial score (nSPS) is 11.5. The summed E-state index contributed by atoms with van der Waals surface area (Å²) >= 11 is 1.62. The highest BCUT2D eigenvalue weighted by molar-refractivity contribution is 7.88. The van der Waals surface area contributed by atoms with E-state index in [2.05, 4.69) is 10.0 Å². The Morgan fingerprint density at radius 1 is 1.03 bits per heavy atom. The number of hydrogen-bond donors (Lipinski definition) is 2. The van der Waals surface area contributed by atoms with E-state index in [0.717, 1.165) is 10.4 Å². The molecule has 0 bridgehead atoms. The average molecular weight is 459 g/mol. The first-order valence-corrected chi connectivity index (χ1v) is 12.5. The first kappa shape index (κ1) is 23.0. The second-order valence-electron chi connectivity index (χ2n) is 7.38. The Morgan fingerprint density at radius 3 is 2.52 bits per heavy atom. The lowest BCUT2D eigenvalue weighted by Gasteiger charge is -2.13. The molecule has 1 heterocycles. The van der Waals surface area contributed by atoms with Crippen molar-refractivity contribution < 1.29 is 17.9 Å². The number of amides is 1. The maximum absolute atomic E-state index is 12.6. The van der Waals surface area contributed by atoms with E-state index in [9.17, 15) is 13.2 Å². The van der Waals surface area contributed by atoms with Crippen molar-refractivity contribution in [3.63, 3.8) is 0 Å². The predicted octanol–water partition coefficient (Wildman–Crippen LogP) is 4.08. The van der Waals surface area contributed by atoms with Crippen LogP contribution in [0, 0.1) is 0 Å². The van der Waals surface area contributed by atoms with Crippen LogP contribution < -0.4 is 14.8 Å². The van der Waals surface area contributed by atoms with Crippen LogP contribution in [0.5, 0.6) is 5.75 Å². The van der Waals surface area contributed by atoms with Gasteiger partial charge in [-0.3, -0.25) is 4.79 Å². The quantitative estimate of drug-likeness (QED) is 0.479. The van der Waals surface area contributed by atoms with Crippen molar-refractivity contribution >= 4 is 27.3 Å². The van der Waals surface area contributed by atoms with E-state index in [1.165, 1.54) is 0 Å². The molecule has 8 heteroatoms. The van der Waals surface area contributed by atoms with Crippen LogP contribution in [0.25, 0.3) is 0 Å². The number of ether oxygens (including phenoxy) is 1. The van der Waals surface area contributed by atoms with Gasteiger partial charge in [0.15, 0.2) is 0 Å². The minimum atomic E-state index is -3.46. The van der Waals surface area contributed by atoms with E-state index in [1.54, 1.807) is 55.5 Å². The number of nitrogens with one attached hydrogen (secondary N) is 2. The summed E-state index contributed by atoms with van der Waals surface area (Å²) in [5, 5.41) is 4.86. The zero-order valence-electron chi connectivity index (χ0n) is 17.5. The Kier molecular flexibility index (Phi) is 7.84. The van der Waals surface area contributed by atoms with Crippen LogP contribution in [0.3, 0.4) is 0 Å². The molecule has 2 N–H and O–H groups in total. The number of rotatable bonds is 10. The summed E-state index contributed by atoms with van der Waals surface area (Å²) < 4.78 is 32.9. The number of hydrogen-bond acceptors (Lipinski definition) is 5. The Hall–Kier alpha value is -2.68. The smallest absolute Gasteiger partial charge is 0.251 e. The highest BCUT2D eigenvalue weighted by Gasteiger charge is 2.16. The Morgan fingerprint density at radius 2 is 1.81 bits per heavy atom. The van der Waals surface area contributed by atoms with Crippen molar-refractivity contribution in [1.82, 2.24) is 10.0 Å². The molecule has 0 saturated carbocycles. The molecule has 0 aliphatic rings. The molecular formula is C23H26N2O4S2. The lowest BCUT2D eigenvalue weighted by Crippen LogP contribution is -2.31. The van der Waals surface area contributed by atoms with Crippen LogP contribution in [0.4, 0.5) is 0 Å². The molecule has 3 rings (SSSR count). The zero-order valence-corrected chi connectivity index (χ0v) is 19.1. The number of carbonyl (C=O) groups excluding carboxylic acids is 1. The third kappa shape index (κ3) is 7.20. The Labute approximate surface area is 187 Å². The summed E-state index contributed by atoms with van der Waals surface area (Å²) in [6, 6.07) is 18.0. The first-order valence-electron chi connectivity index (χ1n) is 9.92. The molecule has 0 aliphatic heterocycles. The summed E-state index contributed by atoms with van der Waals surface area (Å²) in [7, 11) is -3.46. The molecule has 3 aromatic rings. The summed E-state index contributed by atoms with van der Waals surface area (Å²) in [6.45, 7) is 4.24. The fourth-order valence-electron chi connectivity index (χ4n) is 3.03. The molecule has 2 aromatic carbocycles. The van der Waals surface area contributed by atoms with Gasteiger partial charge in [0.2, 0.25) is 10.0 Å². The molecule has 0 atom stereocenters.